The molecule has 0 fully saturated rings. The van der Waals surface area contributed by atoms with Crippen LogP contribution in [0.15, 0.2) is 48.6 Å². The maximum absolute atomic E-state index is 12.5. The number of amides is 1. The zero-order valence-electron chi connectivity index (χ0n) is 57.4. The number of carbonyl (C=O) groups is 2. The molecule has 2 atom stereocenters. The number of allylic oxidation sites excluding steroid dienone is 7. The van der Waals surface area contributed by atoms with Crippen molar-refractivity contribution in [1.82, 2.24) is 5.32 Å². The predicted octanol–water partition coefficient (Wildman–Crippen LogP) is 25.2. The number of ether oxygens (including phenoxy) is 1. The lowest BCUT2D eigenvalue weighted by molar-refractivity contribution is -0.143. The second-order valence-electron chi connectivity index (χ2n) is 26.3. The van der Waals surface area contributed by atoms with Gasteiger partial charge in [0, 0.05) is 12.8 Å². The molecule has 0 aromatic heterocycles. The van der Waals surface area contributed by atoms with E-state index in [9.17, 15) is 19.8 Å². The predicted molar refractivity (Wildman–Crippen MR) is 375 cm³/mol. The van der Waals surface area contributed by atoms with Crippen molar-refractivity contribution in [3.05, 3.63) is 48.6 Å². The molecule has 0 aliphatic rings. The third kappa shape index (κ3) is 70.8. The first kappa shape index (κ1) is 82.8. The van der Waals surface area contributed by atoms with Crippen molar-refractivity contribution in [3.8, 4) is 0 Å². The lowest BCUT2D eigenvalue weighted by atomic mass is 10.0. The average Bonchev–Trinajstić information content (AvgIpc) is 3.52. The van der Waals surface area contributed by atoms with Gasteiger partial charge in [-0.25, -0.2) is 0 Å². The molecule has 0 radical (unpaired) electrons. The summed E-state index contributed by atoms with van der Waals surface area (Å²) in [7, 11) is 0. The van der Waals surface area contributed by atoms with E-state index in [1.807, 2.05) is 6.08 Å². The van der Waals surface area contributed by atoms with Gasteiger partial charge >= 0.3 is 5.97 Å². The summed E-state index contributed by atoms with van der Waals surface area (Å²) in [6, 6.07) is -0.624. The van der Waals surface area contributed by atoms with Crippen molar-refractivity contribution >= 4 is 11.9 Å². The van der Waals surface area contributed by atoms with Gasteiger partial charge in [0.1, 0.15) is 0 Å². The molecule has 0 rings (SSSR count). The molecule has 0 bridgehead atoms. The van der Waals surface area contributed by atoms with Gasteiger partial charge in [0.25, 0.3) is 0 Å². The SMILES string of the molecule is CCCCC/C=C\C/C=C\CCCCCCCCCCCC(=O)OCCCCCCCCCCCCCCCCCC/C=C\CCCCCCCCCCCCCCCCCCCC(=O)NC(CO)C(O)/C=C/CCCCCCCCCCCC. The first-order valence-corrected chi connectivity index (χ1v) is 38.4. The fourth-order valence-corrected chi connectivity index (χ4v) is 12.0. The summed E-state index contributed by atoms with van der Waals surface area (Å²) in [5.41, 5.74) is 0. The van der Waals surface area contributed by atoms with Crippen LogP contribution in [0.2, 0.25) is 0 Å². The number of aliphatic hydroxyl groups is 2. The Hall–Kier alpha value is -2.18. The number of unbranched alkanes of at least 4 members (excludes halogenated alkanes) is 55. The normalized spacial score (nSPS) is 12.8. The molecule has 2 unspecified atom stereocenters. The largest absolute Gasteiger partial charge is 0.466 e. The highest BCUT2D eigenvalue weighted by atomic mass is 16.5. The van der Waals surface area contributed by atoms with Crippen LogP contribution >= 0.6 is 0 Å². The van der Waals surface area contributed by atoms with E-state index in [2.05, 4.69) is 55.6 Å². The molecular formula is C79H149NO5. The molecule has 0 aromatic carbocycles. The molecule has 0 aliphatic carbocycles. The fraction of sp³-hybridized carbons (Fsp3) is 0.873. The van der Waals surface area contributed by atoms with Crippen LogP contribution < -0.4 is 5.32 Å². The van der Waals surface area contributed by atoms with Crippen molar-refractivity contribution in [2.24, 2.45) is 0 Å². The van der Waals surface area contributed by atoms with Crippen LogP contribution in [0.1, 0.15) is 418 Å². The lowest BCUT2D eigenvalue weighted by Gasteiger charge is -2.20. The monoisotopic (exact) mass is 1190 g/mol. The highest BCUT2D eigenvalue weighted by Crippen LogP contribution is 2.19. The minimum atomic E-state index is -0.841. The van der Waals surface area contributed by atoms with Crippen LogP contribution in [0.25, 0.3) is 0 Å². The van der Waals surface area contributed by atoms with Crippen molar-refractivity contribution in [2.75, 3.05) is 13.2 Å². The van der Waals surface area contributed by atoms with Crippen molar-refractivity contribution in [2.45, 2.75) is 431 Å². The zero-order chi connectivity index (χ0) is 61.3. The van der Waals surface area contributed by atoms with Gasteiger partial charge < -0.3 is 20.3 Å². The fourth-order valence-electron chi connectivity index (χ4n) is 12.0. The minimum Gasteiger partial charge on any atom is -0.466 e. The van der Waals surface area contributed by atoms with Crippen LogP contribution in [0.4, 0.5) is 0 Å². The van der Waals surface area contributed by atoms with Gasteiger partial charge in [-0.1, -0.05) is 364 Å². The Labute approximate surface area is 531 Å². The molecule has 0 spiro atoms. The number of rotatable bonds is 72. The van der Waals surface area contributed by atoms with E-state index in [4.69, 9.17) is 4.74 Å². The van der Waals surface area contributed by atoms with Crippen LogP contribution in [-0.4, -0.2) is 47.4 Å². The van der Waals surface area contributed by atoms with E-state index < -0.39 is 12.1 Å². The molecule has 6 nitrogen and oxygen atoms in total. The molecular weight excluding hydrogens is 1040 g/mol. The van der Waals surface area contributed by atoms with E-state index in [0.717, 1.165) is 51.4 Å². The first-order valence-electron chi connectivity index (χ1n) is 38.4. The topological polar surface area (TPSA) is 95.9 Å². The Balaban J connectivity index is 3.32. The van der Waals surface area contributed by atoms with Gasteiger partial charge in [-0.2, -0.15) is 0 Å². The summed E-state index contributed by atoms with van der Waals surface area (Å²) >= 11 is 0. The number of hydrogen-bond donors (Lipinski definition) is 3. The summed E-state index contributed by atoms with van der Waals surface area (Å²) in [6.07, 6.45) is 98.1. The van der Waals surface area contributed by atoms with Gasteiger partial charge in [0.15, 0.2) is 0 Å². The quantitative estimate of drug-likeness (QED) is 0.0320. The number of aliphatic hydroxyl groups excluding tert-OH is 2. The Kier molecular flexibility index (Phi) is 72.4. The van der Waals surface area contributed by atoms with E-state index >= 15 is 0 Å². The maximum atomic E-state index is 12.5. The van der Waals surface area contributed by atoms with E-state index in [1.54, 1.807) is 6.08 Å². The summed E-state index contributed by atoms with van der Waals surface area (Å²) in [5, 5.41) is 23.1. The van der Waals surface area contributed by atoms with Gasteiger partial charge in [0.2, 0.25) is 5.91 Å². The molecule has 0 saturated carbocycles. The molecule has 6 heteroatoms. The molecule has 0 heterocycles. The molecule has 1 amide bonds. The maximum Gasteiger partial charge on any atom is 0.305 e. The highest BCUT2D eigenvalue weighted by molar-refractivity contribution is 5.76. The lowest BCUT2D eigenvalue weighted by Crippen LogP contribution is -2.45. The molecule has 0 aliphatic heterocycles. The van der Waals surface area contributed by atoms with Crippen LogP contribution in [-0.2, 0) is 14.3 Å². The Morgan fingerprint density at radius 1 is 0.329 bits per heavy atom. The van der Waals surface area contributed by atoms with E-state index in [-0.39, 0.29) is 18.5 Å². The number of carbonyl (C=O) groups excluding carboxylic acids is 2. The third-order valence-corrected chi connectivity index (χ3v) is 17.8. The van der Waals surface area contributed by atoms with Gasteiger partial charge in [-0.15, -0.1) is 0 Å². The van der Waals surface area contributed by atoms with Crippen molar-refractivity contribution in [1.29, 1.82) is 0 Å². The smallest absolute Gasteiger partial charge is 0.305 e. The summed E-state index contributed by atoms with van der Waals surface area (Å²) in [4.78, 5) is 24.6. The van der Waals surface area contributed by atoms with Gasteiger partial charge in [-0.05, 0) is 89.9 Å². The number of hydrogen-bond acceptors (Lipinski definition) is 5. The first-order chi connectivity index (χ1) is 42.0. The van der Waals surface area contributed by atoms with E-state index in [1.165, 1.54) is 340 Å². The summed E-state index contributed by atoms with van der Waals surface area (Å²) < 4.78 is 5.51. The van der Waals surface area contributed by atoms with Crippen molar-refractivity contribution < 1.29 is 24.5 Å². The molecule has 0 saturated heterocycles. The van der Waals surface area contributed by atoms with Crippen LogP contribution in [0.5, 0.6) is 0 Å². The van der Waals surface area contributed by atoms with Crippen LogP contribution in [0, 0.1) is 0 Å². The second-order valence-corrected chi connectivity index (χ2v) is 26.3. The minimum absolute atomic E-state index is 0.0177. The van der Waals surface area contributed by atoms with Crippen LogP contribution in [0.3, 0.4) is 0 Å². The molecule has 500 valence electrons. The summed E-state index contributed by atoms with van der Waals surface area (Å²) in [6.45, 7) is 4.90. The standard InChI is InChI=1S/C79H149NO5/c1-3-5-7-9-11-13-15-17-18-19-39-43-46-49-53-57-61-65-69-73-79(84)85-74-70-66-62-58-54-50-47-44-41-38-36-34-32-30-28-26-24-22-20-21-23-25-27-29-31-33-35-37-40-42-45-48-52-56-60-64-68-72-78(83)80-76(75-81)77(82)71-67-63-59-55-51-16-14-12-10-8-6-4-2/h11,13,17-18,20,22,67,71,76-77,81-82H,3-10,12,14-16,19,21,23-66,68-70,72-75H2,1-2H3,(H,80,83)/b13-11-,18-17-,22-20-,71-67+. The van der Waals surface area contributed by atoms with Gasteiger partial charge in [0.05, 0.1) is 25.4 Å². The second kappa shape index (κ2) is 74.3. The van der Waals surface area contributed by atoms with E-state index in [0.29, 0.717) is 19.4 Å². The summed E-state index contributed by atoms with van der Waals surface area (Å²) in [5.74, 6) is -0.0454. The molecule has 0 aromatic rings. The average molecular weight is 1190 g/mol. The molecule has 3 N–H and O–H groups in total. The number of esters is 1. The Bertz CT molecular complexity index is 1420. The van der Waals surface area contributed by atoms with Gasteiger partial charge in [-0.3, -0.25) is 9.59 Å². The van der Waals surface area contributed by atoms with Crippen molar-refractivity contribution in [3.63, 3.8) is 0 Å². The third-order valence-electron chi connectivity index (χ3n) is 17.8. The Morgan fingerprint density at radius 2 is 0.588 bits per heavy atom. The molecule has 85 heavy (non-hydrogen) atoms. The Morgan fingerprint density at radius 3 is 0.929 bits per heavy atom. The zero-order valence-corrected chi connectivity index (χ0v) is 57.4. The highest BCUT2D eigenvalue weighted by Gasteiger charge is 2.18. The number of nitrogens with one attached hydrogen (secondary N) is 1.